The molecule has 1 aliphatic rings. The van der Waals surface area contributed by atoms with Gasteiger partial charge in [-0.25, -0.2) is 0 Å². The third-order valence-electron chi connectivity index (χ3n) is 4.33. The van der Waals surface area contributed by atoms with E-state index in [-0.39, 0.29) is 30.7 Å². The van der Waals surface area contributed by atoms with Crippen LogP contribution in [-0.4, -0.2) is 63.2 Å². The molecule has 1 amide bonds. The zero-order chi connectivity index (χ0) is 17.2. The molecule has 0 saturated carbocycles. The lowest BCUT2D eigenvalue weighted by molar-refractivity contribution is -0.136. The summed E-state index contributed by atoms with van der Waals surface area (Å²) in [6, 6.07) is 0. The van der Waals surface area contributed by atoms with Crippen LogP contribution in [0.2, 0.25) is 0 Å². The quantitative estimate of drug-likeness (QED) is 0.820. The van der Waals surface area contributed by atoms with Crippen LogP contribution in [0, 0.1) is 0 Å². The Bertz CT molecular complexity index is 547. The summed E-state index contributed by atoms with van der Waals surface area (Å²) in [5, 5.41) is 8.81. The first-order valence-electron chi connectivity index (χ1n) is 8.39. The molecule has 0 unspecified atom stereocenters. The van der Waals surface area contributed by atoms with Gasteiger partial charge >= 0.3 is 0 Å². The predicted molar refractivity (Wildman–Crippen MR) is 104 cm³/mol. The van der Waals surface area contributed by atoms with Crippen molar-refractivity contribution in [2.75, 3.05) is 27.2 Å². The Balaban J connectivity index is 0.00000288. The van der Waals surface area contributed by atoms with E-state index >= 15 is 0 Å². The van der Waals surface area contributed by atoms with Crippen molar-refractivity contribution in [1.82, 2.24) is 24.6 Å². The highest BCUT2D eigenvalue weighted by atomic mass is 35.5. The molecule has 1 saturated heterocycles. The summed E-state index contributed by atoms with van der Waals surface area (Å²) in [5.74, 6) is 2.46. The first kappa shape index (κ1) is 24.1. The Labute approximate surface area is 163 Å². The van der Waals surface area contributed by atoms with Crippen LogP contribution in [-0.2, 0) is 17.9 Å². The lowest BCUT2D eigenvalue weighted by Crippen LogP contribution is -2.53. The molecule has 0 bridgehead atoms. The Morgan fingerprint density at radius 3 is 2.24 bits per heavy atom. The number of carbonyl (C=O) groups excluding carboxylic acids is 1. The maximum absolute atomic E-state index is 12.3. The number of nitrogens with zero attached hydrogens (tertiary/aromatic N) is 5. The molecule has 9 heteroatoms. The number of nitrogens with two attached hydrogens (primary N) is 1. The molecule has 2 N–H and O–H groups in total. The number of amides is 1. The number of hydrogen-bond donors (Lipinski definition) is 1. The second-order valence-electron chi connectivity index (χ2n) is 7.24. The van der Waals surface area contributed by atoms with Gasteiger partial charge in [-0.2, -0.15) is 0 Å². The molecule has 7 nitrogen and oxygen atoms in total. The predicted octanol–water partition coefficient (Wildman–Crippen LogP) is 1.65. The first-order chi connectivity index (χ1) is 10.7. The van der Waals surface area contributed by atoms with Gasteiger partial charge in [0.1, 0.15) is 11.6 Å². The summed E-state index contributed by atoms with van der Waals surface area (Å²) < 4.78 is 2.22. The molecule has 0 aliphatic carbocycles. The standard InChI is InChI=1S/C16H30N6O.2ClH/c1-6-22-13(11-20(4)5)18-19-14(22)12-7-9-21(10-8-12)15(23)16(2,3)17;;/h12H,6-11,17H2,1-5H3;2*1H. The lowest BCUT2D eigenvalue weighted by Gasteiger charge is -2.35. The molecule has 2 rings (SSSR count). The average Bonchev–Trinajstić information content (AvgIpc) is 2.87. The molecule has 0 radical (unpaired) electrons. The number of aromatic nitrogens is 3. The van der Waals surface area contributed by atoms with Crippen molar-refractivity contribution >= 4 is 30.7 Å². The minimum atomic E-state index is -0.796. The first-order valence-corrected chi connectivity index (χ1v) is 8.39. The number of likely N-dealkylation sites (tertiary alicyclic amines) is 1. The zero-order valence-electron chi connectivity index (χ0n) is 15.9. The summed E-state index contributed by atoms with van der Waals surface area (Å²) in [6.07, 6.45) is 1.84. The van der Waals surface area contributed by atoms with Crippen LogP contribution in [0.3, 0.4) is 0 Å². The second kappa shape index (κ2) is 9.71. The molecular weight excluding hydrogens is 363 g/mol. The van der Waals surface area contributed by atoms with E-state index in [2.05, 4.69) is 26.6 Å². The van der Waals surface area contributed by atoms with Crippen molar-refractivity contribution in [2.45, 2.75) is 58.2 Å². The molecule has 1 aromatic rings. The molecule has 0 spiro atoms. The van der Waals surface area contributed by atoms with Crippen LogP contribution in [0.1, 0.15) is 51.2 Å². The molecule has 1 aliphatic heterocycles. The van der Waals surface area contributed by atoms with Crippen molar-refractivity contribution in [3.63, 3.8) is 0 Å². The highest BCUT2D eigenvalue weighted by molar-refractivity contribution is 5.86. The maximum atomic E-state index is 12.3. The minimum absolute atomic E-state index is 0. The summed E-state index contributed by atoms with van der Waals surface area (Å²) >= 11 is 0. The Morgan fingerprint density at radius 1 is 1.24 bits per heavy atom. The van der Waals surface area contributed by atoms with Gasteiger partial charge < -0.3 is 20.1 Å². The van der Waals surface area contributed by atoms with Gasteiger partial charge in [-0.3, -0.25) is 4.79 Å². The van der Waals surface area contributed by atoms with Crippen LogP contribution in [0.4, 0.5) is 0 Å². The fourth-order valence-electron chi connectivity index (χ4n) is 3.14. The van der Waals surface area contributed by atoms with Crippen LogP contribution in [0.15, 0.2) is 0 Å². The molecule has 1 fully saturated rings. The van der Waals surface area contributed by atoms with Gasteiger partial charge in [-0.15, -0.1) is 35.0 Å². The van der Waals surface area contributed by atoms with Crippen molar-refractivity contribution in [2.24, 2.45) is 5.73 Å². The number of rotatable bonds is 5. The molecule has 0 atom stereocenters. The van der Waals surface area contributed by atoms with E-state index in [9.17, 15) is 4.79 Å². The molecule has 1 aromatic heterocycles. The lowest BCUT2D eigenvalue weighted by atomic mass is 9.94. The van der Waals surface area contributed by atoms with E-state index in [1.807, 2.05) is 19.0 Å². The van der Waals surface area contributed by atoms with Crippen molar-refractivity contribution in [1.29, 1.82) is 0 Å². The van der Waals surface area contributed by atoms with Gasteiger partial charge in [0.2, 0.25) is 5.91 Å². The Morgan fingerprint density at radius 2 is 1.80 bits per heavy atom. The van der Waals surface area contributed by atoms with Gasteiger partial charge in [-0.05, 0) is 47.7 Å². The summed E-state index contributed by atoms with van der Waals surface area (Å²) in [4.78, 5) is 16.3. The summed E-state index contributed by atoms with van der Waals surface area (Å²) in [5.41, 5.74) is 5.13. The van der Waals surface area contributed by atoms with E-state index in [0.29, 0.717) is 5.92 Å². The number of carbonyl (C=O) groups is 1. The maximum Gasteiger partial charge on any atom is 0.242 e. The average molecular weight is 395 g/mol. The van der Waals surface area contributed by atoms with Crippen molar-refractivity contribution < 1.29 is 4.79 Å². The van der Waals surface area contributed by atoms with Crippen LogP contribution >= 0.6 is 24.8 Å². The van der Waals surface area contributed by atoms with Crippen LogP contribution in [0.5, 0.6) is 0 Å². The van der Waals surface area contributed by atoms with E-state index < -0.39 is 5.54 Å². The molecule has 0 aromatic carbocycles. The van der Waals surface area contributed by atoms with E-state index in [0.717, 1.165) is 50.7 Å². The molecular formula is C16H32Cl2N6O. The largest absolute Gasteiger partial charge is 0.341 e. The Hall–Kier alpha value is -0.890. The third-order valence-corrected chi connectivity index (χ3v) is 4.33. The molecule has 25 heavy (non-hydrogen) atoms. The van der Waals surface area contributed by atoms with E-state index in [4.69, 9.17) is 5.73 Å². The summed E-state index contributed by atoms with van der Waals surface area (Å²) in [7, 11) is 4.07. The van der Waals surface area contributed by atoms with E-state index in [1.165, 1.54) is 0 Å². The summed E-state index contributed by atoms with van der Waals surface area (Å²) in [6.45, 7) is 8.81. The fourth-order valence-corrected chi connectivity index (χ4v) is 3.14. The zero-order valence-corrected chi connectivity index (χ0v) is 17.5. The molecule has 2 heterocycles. The smallest absolute Gasteiger partial charge is 0.242 e. The minimum Gasteiger partial charge on any atom is -0.341 e. The topological polar surface area (TPSA) is 80.3 Å². The fraction of sp³-hybridized carbons (Fsp3) is 0.812. The SMILES string of the molecule is CCn1c(CN(C)C)nnc1C1CCN(C(=O)C(C)(C)N)CC1.Cl.Cl. The van der Waals surface area contributed by atoms with Gasteiger partial charge in [-0.1, -0.05) is 0 Å². The second-order valence-corrected chi connectivity index (χ2v) is 7.24. The van der Waals surface area contributed by atoms with Crippen LogP contribution in [0.25, 0.3) is 0 Å². The van der Waals surface area contributed by atoms with Crippen molar-refractivity contribution in [3.05, 3.63) is 11.6 Å². The van der Waals surface area contributed by atoms with Crippen LogP contribution < -0.4 is 5.73 Å². The van der Waals surface area contributed by atoms with Gasteiger partial charge in [0.05, 0.1) is 12.1 Å². The normalized spacial score (nSPS) is 15.7. The van der Waals surface area contributed by atoms with E-state index in [1.54, 1.807) is 13.8 Å². The Kier molecular flexibility index (Phi) is 9.36. The highest BCUT2D eigenvalue weighted by Crippen LogP contribution is 2.28. The number of piperidine rings is 1. The molecule has 146 valence electrons. The van der Waals surface area contributed by atoms with Gasteiger partial charge in [0.25, 0.3) is 0 Å². The van der Waals surface area contributed by atoms with Gasteiger partial charge in [0.15, 0.2) is 0 Å². The van der Waals surface area contributed by atoms with Crippen molar-refractivity contribution in [3.8, 4) is 0 Å². The monoisotopic (exact) mass is 394 g/mol. The third kappa shape index (κ3) is 5.81. The highest BCUT2D eigenvalue weighted by Gasteiger charge is 2.32. The number of hydrogen-bond acceptors (Lipinski definition) is 5. The van der Waals surface area contributed by atoms with Gasteiger partial charge in [0, 0.05) is 25.6 Å². The number of halogens is 2.